The molecule has 5 nitrogen and oxygen atoms in total. The highest BCUT2D eigenvalue weighted by Gasteiger charge is 2.12. The maximum Gasteiger partial charge on any atom is 0.182 e. The minimum absolute atomic E-state index is 0.0437. The number of carbonyl (C=O) groups is 1. The largest absolute Gasteiger partial charge is 0.362 e. The lowest BCUT2D eigenvalue weighted by Crippen LogP contribution is -2.16. The molecule has 0 aliphatic carbocycles. The van der Waals surface area contributed by atoms with Crippen LogP contribution in [-0.2, 0) is 6.42 Å². The van der Waals surface area contributed by atoms with E-state index in [1.54, 1.807) is 6.20 Å². The van der Waals surface area contributed by atoms with Gasteiger partial charge in [-0.1, -0.05) is 31.2 Å². The van der Waals surface area contributed by atoms with Gasteiger partial charge in [0.15, 0.2) is 11.6 Å². The molecule has 0 aliphatic rings. The standard InChI is InChI=1S/C21H22N4O/c1-4-16-12-20(25-21(24-16)18-10-5-6-11-22-18)23-13-19(26)17-9-7-8-14(2)15(17)3/h5-12H,4,13H2,1-3H3,(H,23,24,25). The second-order valence-electron chi connectivity index (χ2n) is 6.16. The maximum absolute atomic E-state index is 12.6. The highest BCUT2D eigenvalue weighted by molar-refractivity contribution is 6.00. The van der Waals surface area contributed by atoms with Crippen molar-refractivity contribution in [3.8, 4) is 11.5 Å². The van der Waals surface area contributed by atoms with Crippen molar-refractivity contribution in [3.05, 3.63) is 71.0 Å². The molecule has 0 amide bonds. The molecule has 132 valence electrons. The molecule has 3 rings (SSSR count). The van der Waals surface area contributed by atoms with Crippen LogP contribution in [0, 0.1) is 13.8 Å². The summed E-state index contributed by atoms with van der Waals surface area (Å²) in [6, 6.07) is 13.3. The van der Waals surface area contributed by atoms with Crippen LogP contribution in [0.1, 0.15) is 34.1 Å². The van der Waals surface area contributed by atoms with E-state index in [2.05, 4.69) is 20.3 Å². The Morgan fingerprint density at radius 1 is 1.08 bits per heavy atom. The number of Topliss-reactive ketones (excluding diaryl/α,β-unsaturated/α-hetero) is 1. The Hall–Kier alpha value is -3.08. The Bertz CT molecular complexity index is 923. The summed E-state index contributed by atoms with van der Waals surface area (Å²) in [5.41, 5.74) is 4.50. The minimum Gasteiger partial charge on any atom is -0.362 e. The highest BCUT2D eigenvalue weighted by atomic mass is 16.1. The molecule has 0 bridgehead atoms. The summed E-state index contributed by atoms with van der Waals surface area (Å²) in [4.78, 5) is 25.9. The van der Waals surface area contributed by atoms with E-state index >= 15 is 0 Å². The van der Waals surface area contributed by atoms with Gasteiger partial charge in [0.25, 0.3) is 0 Å². The highest BCUT2D eigenvalue weighted by Crippen LogP contribution is 2.17. The summed E-state index contributed by atoms with van der Waals surface area (Å²) in [5, 5.41) is 3.15. The number of ketones is 1. The number of hydrogen-bond acceptors (Lipinski definition) is 5. The van der Waals surface area contributed by atoms with Crippen molar-refractivity contribution < 1.29 is 4.79 Å². The first-order valence-corrected chi connectivity index (χ1v) is 8.71. The van der Waals surface area contributed by atoms with Crippen molar-refractivity contribution in [3.63, 3.8) is 0 Å². The molecule has 2 aromatic heterocycles. The van der Waals surface area contributed by atoms with Gasteiger partial charge in [0.05, 0.1) is 6.54 Å². The third-order valence-electron chi connectivity index (χ3n) is 4.37. The van der Waals surface area contributed by atoms with Gasteiger partial charge in [0.1, 0.15) is 11.5 Å². The van der Waals surface area contributed by atoms with Gasteiger partial charge in [-0.25, -0.2) is 9.97 Å². The van der Waals surface area contributed by atoms with Gasteiger partial charge in [-0.15, -0.1) is 0 Å². The molecule has 0 spiro atoms. The van der Waals surface area contributed by atoms with Crippen LogP contribution in [0.15, 0.2) is 48.7 Å². The third-order valence-corrected chi connectivity index (χ3v) is 4.37. The summed E-state index contributed by atoms with van der Waals surface area (Å²) in [6.45, 7) is 6.21. The number of anilines is 1. The van der Waals surface area contributed by atoms with Gasteiger partial charge in [-0.3, -0.25) is 9.78 Å². The maximum atomic E-state index is 12.6. The number of hydrogen-bond donors (Lipinski definition) is 1. The predicted octanol–water partition coefficient (Wildman–Crippen LogP) is 4.01. The van der Waals surface area contributed by atoms with E-state index in [1.807, 2.05) is 63.2 Å². The molecule has 0 saturated heterocycles. The molecule has 26 heavy (non-hydrogen) atoms. The zero-order chi connectivity index (χ0) is 18.5. The molecule has 0 saturated carbocycles. The smallest absolute Gasteiger partial charge is 0.182 e. The van der Waals surface area contributed by atoms with Crippen LogP contribution in [0.5, 0.6) is 0 Å². The van der Waals surface area contributed by atoms with Crippen LogP contribution >= 0.6 is 0 Å². The second kappa shape index (κ2) is 7.87. The molecular formula is C21H22N4O. The number of rotatable bonds is 6. The van der Waals surface area contributed by atoms with Gasteiger partial charge in [0.2, 0.25) is 0 Å². The van der Waals surface area contributed by atoms with Crippen molar-refractivity contribution in [2.45, 2.75) is 27.2 Å². The predicted molar refractivity (Wildman–Crippen MR) is 103 cm³/mol. The van der Waals surface area contributed by atoms with Crippen LogP contribution in [-0.4, -0.2) is 27.3 Å². The summed E-state index contributed by atoms with van der Waals surface area (Å²) >= 11 is 0. The zero-order valence-electron chi connectivity index (χ0n) is 15.3. The number of nitrogens with one attached hydrogen (secondary N) is 1. The Morgan fingerprint density at radius 3 is 2.65 bits per heavy atom. The van der Waals surface area contributed by atoms with Crippen molar-refractivity contribution in [1.29, 1.82) is 0 Å². The van der Waals surface area contributed by atoms with E-state index in [-0.39, 0.29) is 12.3 Å². The number of benzene rings is 1. The van der Waals surface area contributed by atoms with Crippen LogP contribution in [0.2, 0.25) is 0 Å². The van der Waals surface area contributed by atoms with Gasteiger partial charge in [0, 0.05) is 23.5 Å². The molecule has 0 aliphatic heterocycles. The van der Waals surface area contributed by atoms with E-state index in [9.17, 15) is 4.79 Å². The van der Waals surface area contributed by atoms with E-state index in [4.69, 9.17) is 0 Å². The molecular weight excluding hydrogens is 324 g/mol. The summed E-state index contributed by atoms with van der Waals surface area (Å²) in [6.07, 6.45) is 2.50. The third kappa shape index (κ3) is 3.94. The number of aromatic nitrogens is 3. The SMILES string of the molecule is CCc1cc(NCC(=O)c2cccc(C)c2C)nc(-c2ccccn2)n1. The van der Waals surface area contributed by atoms with Crippen LogP contribution in [0.25, 0.3) is 11.5 Å². The van der Waals surface area contributed by atoms with E-state index in [1.165, 1.54) is 0 Å². The fraction of sp³-hybridized carbons (Fsp3) is 0.238. The average Bonchev–Trinajstić information content (AvgIpc) is 2.68. The van der Waals surface area contributed by atoms with Crippen LogP contribution in [0.3, 0.4) is 0 Å². The molecule has 1 N–H and O–H groups in total. The fourth-order valence-electron chi connectivity index (χ4n) is 2.70. The molecule has 0 radical (unpaired) electrons. The average molecular weight is 346 g/mol. The summed E-state index contributed by atoms with van der Waals surface area (Å²) < 4.78 is 0. The van der Waals surface area contributed by atoms with Crippen molar-refractivity contribution in [2.24, 2.45) is 0 Å². The van der Waals surface area contributed by atoms with Gasteiger partial charge >= 0.3 is 0 Å². The normalized spacial score (nSPS) is 10.6. The first kappa shape index (κ1) is 17.7. The number of carbonyl (C=O) groups excluding carboxylic acids is 1. The first-order valence-electron chi connectivity index (χ1n) is 8.71. The molecule has 1 aromatic carbocycles. The molecule has 3 aromatic rings. The van der Waals surface area contributed by atoms with E-state index in [0.717, 1.165) is 28.8 Å². The lowest BCUT2D eigenvalue weighted by atomic mass is 10.0. The van der Waals surface area contributed by atoms with Gasteiger partial charge in [-0.2, -0.15) is 0 Å². The fourth-order valence-corrected chi connectivity index (χ4v) is 2.70. The van der Waals surface area contributed by atoms with Crippen LogP contribution in [0.4, 0.5) is 5.82 Å². The Kier molecular flexibility index (Phi) is 5.37. The van der Waals surface area contributed by atoms with E-state index < -0.39 is 0 Å². The first-order chi connectivity index (χ1) is 12.6. The molecule has 2 heterocycles. The molecule has 0 unspecified atom stereocenters. The lowest BCUT2D eigenvalue weighted by Gasteiger charge is -2.11. The quantitative estimate of drug-likeness (QED) is 0.683. The van der Waals surface area contributed by atoms with Crippen molar-refractivity contribution in [1.82, 2.24) is 15.0 Å². The Labute approximate surface area is 153 Å². The number of pyridine rings is 1. The number of nitrogens with zero attached hydrogens (tertiary/aromatic N) is 3. The van der Waals surface area contributed by atoms with E-state index in [0.29, 0.717) is 17.3 Å². The summed E-state index contributed by atoms with van der Waals surface area (Å²) in [7, 11) is 0. The lowest BCUT2D eigenvalue weighted by molar-refractivity contribution is 0.101. The number of aryl methyl sites for hydroxylation is 2. The van der Waals surface area contributed by atoms with Crippen molar-refractivity contribution >= 4 is 11.6 Å². The molecule has 5 heteroatoms. The molecule has 0 fully saturated rings. The zero-order valence-corrected chi connectivity index (χ0v) is 15.3. The monoisotopic (exact) mass is 346 g/mol. The molecule has 0 atom stereocenters. The van der Waals surface area contributed by atoms with Gasteiger partial charge < -0.3 is 5.32 Å². The Balaban J connectivity index is 1.81. The van der Waals surface area contributed by atoms with Gasteiger partial charge in [-0.05, 0) is 43.5 Å². The second-order valence-corrected chi connectivity index (χ2v) is 6.16. The minimum atomic E-state index is 0.0437. The summed E-state index contributed by atoms with van der Waals surface area (Å²) in [5.74, 6) is 1.24. The topological polar surface area (TPSA) is 67.8 Å². The van der Waals surface area contributed by atoms with Crippen molar-refractivity contribution in [2.75, 3.05) is 11.9 Å². The Morgan fingerprint density at radius 2 is 1.92 bits per heavy atom. The van der Waals surface area contributed by atoms with Crippen LogP contribution < -0.4 is 5.32 Å².